The Bertz CT molecular complexity index is 1170. The van der Waals surface area contributed by atoms with Crippen molar-refractivity contribution in [1.29, 1.82) is 0 Å². The number of aliphatic carboxylic acids is 1. The number of hydrogen-bond acceptors (Lipinski definition) is 7. The van der Waals surface area contributed by atoms with Crippen LogP contribution in [0.1, 0.15) is 36.0 Å². The Morgan fingerprint density at radius 1 is 1.03 bits per heavy atom. The van der Waals surface area contributed by atoms with Crippen molar-refractivity contribution in [3.05, 3.63) is 81.0 Å². The number of thiophene rings is 1. The highest BCUT2D eigenvalue weighted by molar-refractivity contribution is 7.14. The molecule has 3 N–H and O–H groups in total. The van der Waals surface area contributed by atoms with Crippen molar-refractivity contribution in [2.24, 2.45) is 0 Å². The van der Waals surface area contributed by atoms with Gasteiger partial charge in [0, 0.05) is 23.5 Å². The lowest BCUT2D eigenvalue weighted by Gasteiger charge is -2.13. The van der Waals surface area contributed by atoms with E-state index in [1.54, 1.807) is 0 Å². The summed E-state index contributed by atoms with van der Waals surface area (Å²) in [5.74, 6) is -1.24. The van der Waals surface area contributed by atoms with Crippen LogP contribution in [0.2, 0.25) is 0 Å². The Balaban J connectivity index is 1.43. The van der Waals surface area contributed by atoms with E-state index in [4.69, 9.17) is 14.6 Å². The Labute approximate surface area is 200 Å². The molecule has 0 spiro atoms. The van der Waals surface area contributed by atoms with Gasteiger partial charge in [-0.05, 0) is 41.8 Å². The number of ketones is 1. The third-order valence-electron chi connectivity index (χ3n) is 5.23. The maximum atomic E-state index is 12.8. The molecule has 0 radical (unpaired) electrons. The van der Waals surface area contributed by atoms with Gasteiger partial charge in [0.1, 0.15) is 6.61 Å². The standard InChI is InChI=1S/C25H24N2O6S/c28-19(13-27-25(31)23-11-18-12-26-9-8-22(18)34-23)17-6-7-20(33-15-24(29)30)21(10-17)32-14-16-4-2-1-3-5-16/h1-7,10-11,26H,8-9,12-15H2,(H,27,31)(H,29,30). The average molecular weight is 481 g/mol. The van der Waals surface area contributed by atoms with Crippen LogP contribution < -0.4 is 20.1 Å². The van der Waals surface area contributed by atoms with Gasteiger partial charge in [-0.1, -0.05) is 30.3 Å². The van der Waals surface area contributed by atoms with Gasteiger partial charge in [0.15, 0.2) is 23.9 Å². The number of ether oxygens (including phenoxy) is 2. The normalized spacial score (nSPS) is 12.5. The summed E-state index contributed by atoms with van der Waals surface area (Å²) in [5.41, 5.74) is 2.36. The highest BCUT2D eigenvalue weighted by Crippen LogP contribution is 2.30. The molecular formula is C25H24N2O6S. The largest absolute Gasteiger partial charge is 0.485 e. The van der Waals surface area contributed by atoms with E-state index in [0.29, 0.717) is 10.4 Å². The molecule has 1 aliphatic heterocycles. The molecule has 2 aromatic carbocycles. The van der Waals surface area contributed by atoms with Gasteiger partial charge in [-0.2, -0.15) is 0 Å². The molecule has 8 nitrogen and oxygen atoms in total. The second-order valence-electron chi connectivity index (χ2n) is 7.71. The topological polar surface area (TPSA) is 114 Å². The minimum absolute atomic E-state index is 0.174. The van der Waals surface area contributed by atoms with Crippen LogP contribution in [-0.2, 0) is 24.4 Å². The molecule has 1 aromatic heterocycles. The molecule has 34 heavy (non-hydrogen) atoms. The molecule has 1 aliphatic rings. The lowest BCUT2D eigenvalue weighted by molar-refractivity contribution is -0.139. The summed E-state index contributed by atoms with van der Waals surface area (Å²) in [4.78, 5) is 38.0. The SMILES string of the molecule is O=C(O)COc1ccc(C(=O)CNC(=O)c2cc3c(s2)CCNC3)cc1OCc1ccccc1. The summed E-state index contributed by atoms with van der Waals surface area (Å²) in [7, 11) is 0. The second kappa shape index (κ2) is 11.0. The number of hydrogen-bond donors (Lipinski definition) is 3. The van der Waals surface area contributed by atoms with E-state index >= 15 is 0 Å². The Morgan fingerprint density at radius 2 is 1.85 bits per heavy atom. The third-order valence-corrected chi connectivity index (χ3v) is 6.46. The molecule has 0 saturated carbocycles. The van der Waals surface area contributed by atoms with Crippen molar-refractivity contribution in [2.75, 3.05) is 19.7 Å². The monoisotopic (exact) mass is 480 g/mol. The summed E-state index contributed by atoms with van der Waals surface area (Å²) in [6.45, 7) is 1.16. The molecule has 2 heterocycles. The number of benzene rings is 2. The lowest BCUT2D eigenvalue weighted by Crippen LogP contribution is -2.29. The van der Waals surface area contributed by atoms with Crippen LogP contribution in [0.25, 0.3) is 0 Å². The number of carboxylic acids is 1. The van der Waals surface area contributed by atoms with Crippen LogP contribution >= 0.6 is 11.3 Å². The van der Waals surface area contributed by atoms with Crippen molar-refractivity contribution in [1.82, 2.24) is 10.6 Å². The summed E-state index contributed by atoms with van der Waals surface area (Å²) in [6, 6.07) is 15.8. The number of fused-ring (bicyclic) bond motifs is 1. The van der Waals surface area contributed by atoms with Gasteiger partial charge < -0.3 is 25.2 Å². The molecule has 1 amide bonds. The molecule has 0 unspecified atom stereocenters. The fourth-order valence-electron chi connectivity index (χ4n) is 3.50. The van der Waals surface area contributed by atoms with Gasteiger partial charge in [0.25, 0.3) is 5.91 Å². The zero-order valence-electron chi connectivity index (χ0n) is 18.3. The van der Waals surface area contributed by atoms with Crippen molar-refractivity contribution < 1.29 is 29.0 Å². The smallest absolute Gasteiger partial charge is 0.341 e. The van der Waals surface area contributed by atoms with Gasteiger partial charge in [-0.25, -0.2) is 4.79 Å². The van der Waals surface area contributed by atoms with Crippen LogP contribution in [-0.4, -0.2) is 42.5 Å². The van der Waals surface area contributed by atoms with E-state index in [1.807, 2.05) is 36.4 Å². The summed E-state index contributed by atoms with van der Waals surface area (Å²) < 4.78 is 11.1. The Kier molecular flexibility index (Phi) is 7.56. The molecule has 3 aromatic rings. The zero-order valence-corrected chi connectivity index (χ0v) is 19.2. The Hall–Kier alpha value is -3.69. The third kappa shape index (κ3) is 6.00. The zero-order chi connectivity index (χ0) is 23.9. The molecule has 0 fully saturated rings. The number of nitrogens with one attached hydrogen (secondary N) is 2. The highest BCUT2D eigenvalue weighted by atomic mass is 32.1. The first-order valence-electron chi connectivity index (χ1n) is 10.8. The van der Waals surface area contributed by atoms with Crippen LogP contribution in [0.5, 0.6) is 11.5 Å². The molecule has 0 atom stereocenters. The van der Waals surface area contributed by atoms with E-state index in [2.05, 4.69) is 10.6 Å². The van der Waals surface area contributed by atoms with Crippen molar-refractivity contribution in [2.45, 2.75) is 19.6 Å². The number of amides is 1. The van der Waals surface area contributed by atoms with Crippen LogP contribution in [0, 0.1) is 0 Å². The average Bonchev–Trinajstić information content (AvgIpc) is 3.30. The fourth-order valence-corrected chi connectivity index (χ4v) is 4.60. The molecule has 176 valence electrons. The van der Waals surface area contributed by atoms with Crippen molar-refractivity contribution in [3.8, 4) is 11.5 Å². The summed E-state index contributed by atoms with van der Waals surface area (Å²) in [6.07, 6.45) is 0.897. The number of carbonyl (C=O) groups excluding carboxylic acids is 2. The van der Waals surface area contributed by atoms with Crippen molar-refractivity contribution >= 4 is 29.0 Å². The van der Waals surface area contributed by atoms with E-state index in [0.717, 1.165) is 30.6 Å². The van der Waals surface area contributed by atoms with Gasteiger partial charge >= 0.3 is 5.97 Å². The quantitative estimate of drug-likeness (QED) is 0.382. The van der Waals surface area contributed by atoms with Crippen LogP contribution in [0.4, 0.5) is 0 Å². The molecule has 0 aliphatic carbocycles. The van der Waals surface area contributed by atoms with Gasteiger partial charge in [-0.3, -0.25) is 9.59 Å². The first-order chi connectivity index (χ1) is 16.5. The fraction of sp³-hybridized carbons (Fsp3) is 0.240. The van der Waals surface area contributed by atoms with E-state index in [-0.39, 0.29) is 36.3 Å². The second-order valence-corrected chi connectivity index (χ2v) is 8.85. The maximum absolute atomic E-state index is 12.8. The number of Topliss-reactive ketones (excluding diaryl/α,β-unsaturated/α-hetero) is 1. The Morgan fingerprint density at radius 3 is 2.62 bits per heavy atom. The van der Waals surface area contributed by atoms with E-state index in [1.165, 1.54) is 34.4 Å². The molecular weight excluding hydrogens is 456 g/mol. The van der Waals surface area contributed by atoms with E-state index in [9.17, 15) is 14.4 Å². The van der Waals surface area contributed by atoms with Crippen LogP contribution in [0.3, 0.4) is 0 Å². The van der Waals surface area contributed by atoms with Gasteiger partial charge in [-0.15, -0.1) is 11.3 Å². The van der Waals surface area contributed by atoms with Gasteiger partial charge in [0.05, 0.1) is 11.4 Å². The molecule has 9 heteroatoms. The number of rotatable bonds is 10. The predicted octanol–water partition coefficient (Wildman–Crippen LogP) is 3.05. The first-order valence-corrected chi connectivity index (χ1v) is 11.6. The van der Waals surface area contributed by atoms with Crippen LogP contribution in [0.15, 0.2) is 54.6 Å². The minimum atomic E-state index is -1.12. The molecule has 4 rings (SSSR count). The highest BCUT2D eigenvalue weighted by Gasteiger charge is 2.18. The van der Waals surface area contributed by atoms with Gasteiger partial charge in [0.2, 0.25) is 0 Å². The minimum Gasteiger partial charge on any atom is -0.485 e. The number of carboxylic acid groups (broad SMARTS) is 1. The first kappa shape index (κ1) is 23.5. The van der Waals surface area contributed by atoms with E-state index < -0.39 is 12.6 Å². The number of carbonyl (C=O) groups is 3. The van der Waals surface area contributed by atoms with Crippen molar-refractivity contribution in [3.63, 3.8) is 0 Å². The predicted molar refractivity (Wildman–Crippen MR) is 127 cm³/mol. The lowest BCUT2D eigenvalue weighted by atomic mass is 10.1. The molecule has 0 saturated heterocycles. The summed E-state index contributed by atoms with van der Waals surface area (Å²) >= 11 is 1.46. The summed E-state index contributed by atoms with van der Waals surface area (Å²) in [5, 5.41) is 14.9. The maximum Gasteiger partial charge on any atom is 0.341 e. The molecule has 0 bridgehead atoms.